The molecule has 8 rings (SSSR count). The van der Waals surface area contributed by atoms with Gasteiger partial charge in [-0.2, -0.15) is 9.97 Å². The van der Waals surface area contributed by atoms with E-state index in [1.165, 1.54) is 18.9 Å². The van der Waals surface area contributed by atoms with Crippen LogP contribution in [0.3, 0.4) is 0 Å². The van der Waals surface area contributed by atoms with E-state index in [1.807, 2.05) is 47.4 Å². The molecule has 0 spiro atoms. The smallest absolute Gasteiger partial charge is 0.320 e. The van der Waals surface area contributed by atoms with E-state index in [0.29, 0.717) is 47.1 Å². The molecule has 0 saturated carbocycles. The van der Waals surface area contributed by atoms with E-state index < -0.39 is 0 Å². The van der Waals surface area contributed by atoms with Gasteiger partial charge < -0.3 is 14.5 Å². The number of likely N-dealkylation sites (tertiary alicyclic amines) is 1. The van der Waals surface area contributed by atoms with E-state index in [9.17, 15) is 4.79 Å². The molecule has 0 bridgehead atoms. The first kappa shape index (κ1) is 27.1. The van der Waals surface area contributed by atoms with Gasteiger partial charge in [0.1, 0.15) is 12.4 Å². The van der Waals surface area contributed by atoms with Crippen LogP contribution in [0.1, 0.15) is 32.1 Å². The Hall–Kier alpha value is -3.46. The topological polar surface area (TPSA) is 74.7 Å². The minimum atomic E-state index is -0.0243. The van der Waals surface area contributed by atoms with Gasteiger partial charge in [-0.25, -0.2) is 4.98 Å². The average molecular weight is 616 g/mol. The summed E-state index contributed by atoms with van der Waals surface area (Å²) in [6, 6.07) is 14.4. The van der Waals surface area contributed by atoms with Gasteiger partial charge in [-0.15, -0.1) is 0 Å². The molecule has 4 aliphatic heterocycles. The van der Waals surface area contributed by atoms with Gasteiger partial charge in [0, 0.05) is 29.1 Å². The summed E-state index contributed by atoms with van der Waals surface area (Å²) in [5.41, 5.74) is 2.05. The normalized spacial score (nSPS) is 22.6. The number of nitrogens with zero attached hydrogens (tertiary/aromatic N) is 6. The lowest BCUT2D eigenvalue weighted by Crippen LogP contribution is -2.63. The molecule has 0 aliphatic carbocycles. The number of hydrogen-bond acceptors (Lipinski definition) is 7. The van der Waals surface area contributed by atoms with Gasteiger partial charge in [0.15, 0.2) is 5.65 Å². The van der Waals surface area contributed by atoms with E-state index in [2.05, 4.69) is 16.4 Å². The third kappa shape index (κ3) is 4.29. The van der Waals surface area contributed by atoms with Crippen molar-refractivity contribution in [3.05, 3.63) is 65.2 Å². The number of rotatable bonds is 6. The molecule has 4 fully saturated rings. The lowest BCUT2D eigenvalue weighted by molar-refractivity contribution is -0.127. The number of amides is 1. The molecule has 10 heteroatoms. The number of fused-ring (bicyclic) bond motifs is 4. The Morgan fingerprint density at radius 2 is 1.81 bits per heavy atom. The fraction of sp³-hybridized carbons (Fsp3) is 0.394. The van der Waals surface area contributed by atoms with Crippen molar-refractivity contribution in [3.8, 4) is 17.3 Å². The zero-order chi connectivity index (χ0) is 29.3. The number of halogens is 2. The van der Waals surface area contributed by atoms with Gasteiger partial charge in [-0.3, -0.25) is 9.69 Å². The number of aromatic nitrogens is 3. The Labute approximate surface area is 260 Å². The molecule has 43 heavy (non-hydrogen) atoms. The highest BCUT2D eigenvalue weighted by molar-refractivity contribution is 6.38. The number of ether oxygens (including phenoxy) is 1. The van der Waals surface area contributed by atoms with Gasteiger partial charge >= 0.3 is 6.01 Å². The number of anilines is 1. The summed E-state index contributed by atoms with van der Waals surface area (Å²) in [5, 5.41) is 3.81. The van der Waals surface area contributed by atoms with E-state index in [1.54, 1.807) is 0 Å². The van der Waals surface area contributed by atoms with Crippen LogP contribution in [-0.2, 0) is 4.79 Å². The number of carbonyl (C=O) groups excluding carboxylic acids is 1. The Bertz CT molecular complexity index is 1780. The zero-order valence-corrected chi connectivity index (χ0v) is 25.3. The van der Waals surface area contributed by atoms with Gasteiger partial charge in [0.25, 0.3) is 0 Å². The molecule has 8 nitrogen and oxygen atoms in total. The molecule has 1 amide bonds. The molecule has 4 aliphatic rings. The predicted molar refractivity (Wildman–Crippen MR) is 170 cm³/mol. The van der Waals surface area contributed by atoms with Crippen LogP contribution >= 0.6 is 23.2 Å². The molecule has 6 heterocycles. The lowest BCUT2D eigenvalue weighted by Gasteiger charge is -2.47. The molecular formula is C33H32Cl2N6O2. The Morgan fingerprint density at radius 1 is 1.02 bits per heavy atom. The molecule has 0 N–H and O–H groups in total. The largest absolute Gasteiger partial charge is 0.461 e. The molecule has 4 saturated heterocycles. The molecule has 2 atom stereocenters. The molecule has 4 aromatic rings. The van der Waals surface area contributed by atoms with Crippen LogP contribution in [0.4, 0.5) is 5.82 Å². The predicted octanol–water partition coefficient (Wildman–Crippen LogP) is 6.13. The Kier molecular flexibility index (Phi) is 6.51. The summed E-state index contributed by atoms with van der Waals surface area (Å²) in [7, 11) is 0. The van der Waals surface area contributed by atoms with Crippen LogP contribution in [0.5, 0.6) is 6.01 Å². The monoisotopic (exact) mass is 614 g/mol. The van der Waals surface area contributed by atoms with E-state index >= 15 is 0 Å². The van der Waals surface area contributed by atoms with Gasteiger partial charge in [0.05, 0.1) is 33.7 Å². The summed E-state index contributed by atoms with van der Waals surface area (Å²) in [5.74, 6) is 0.724. The van der Waals surface area contributed by atoms with E-state index in [-0.39, 0.29) is 23.5 Å². The van der Waals surface area contributed by atoms with E-state index in [0.717, 1.165) is 59.9 Å². The fourth-order valence-corrected chi connectivity index (χ4v) is 8.41. The highest BCUT2D eigenvalue weighted by Gasteiger charge is 2.49. The Balaban J connectivity index is 1.22. The van der Waals surface area contributed by atoms with Crippen LogP contribution in [-0.4, -0.2) is 81.1 Å². The third-order valence-corrected chi connectivity index (χ3v) is 10.6. The molecule has 220 valence electrons. The quantitative estimate of drug-likeness (QED) is 0.242. The van der Waals surface area contributed by atoms with Crippen molar-refractivity contribution in [3.63, 3.8) is 0 Å². The maximum atomic E-state index is 12.5. The summed E-state index contributed by atoms with van der Waals surface area (Å²) in [6.07, 6.45) is 6.92. The summed E-state index contributed by atoms with van der Waals surface area (Å²) < 4.78 is 6.45. The molecule has 2 aromatic carbocycles. The highest BCUT2D eigenvalue weighted by atomic mass is 35.5. The minimum Gasteiger partial charge on any atom is -0.461 e. The molecule has 0 radical (unpaired) electrons. The second-order valence-corrected chi connectivity index (χ2v) is 13.0. The SMILES string of the molecule is C=CC(=O)N1CC[C@@H]2[C@H]1CN2c1nc(OCC23CCCN2CCC3)nc2nc(-c3cccc4cccc(Cl)c34)c(Cl)cc12. The summed E-state index contributed by atoms with van der Waals surface area (Å²) in [6.45, 7) is 7.87. The molecule has 2 aromatic heterocycles. The zero-order valence-electron chi connectivity index (χ0n) is 23.8. The van der Waals surface area contributed by atoms with Crippen LogP contribution in [0.2, 0.25) is 10.0 Å². The maximum Gasteiger partial charge on any atom is 0.320 e. The first-order valence-electron chi connectivity index (χ1n) is 15.1. The summed E-state index contributed by atoms with van der Waals surface area (Å²) >= 11 is 13.7. The maximum absolute atomic E-state index is 12.5. The second kappa shape index (κ2) is 10.3. The number of benzene rings is 2. The van der Waals surface area contributed by atoms with Crippen molar-refractivity contribution < 1.29 is 9.53 Å². The van der Waals surface area contributed by atoms with Crippen LogP contribution in [0.25, 0.3) is 33.1 Å². The first-order valence-corrected chi connectivity index (χ1v) is 15.8. The van der Waals surface area contributed by atoms with Crippen molar-refractivity contribution in [2.24, 2.45) is 0 Å². The second-order valence-electron chi connectivity index (χ2n) is 12.2. The van der Waals surface area contributed by atoms with Crippen molar-refractivity contribution in [1.29, 1.82) is 0 Å². The van der Waals surface area contributed by atoms with Crippen molar-refractivity contribution in [2.75, 3.05) is 37.7 Å². The standard InChI is InChI=1S/C33H32Cl2N6O2/c1-2-27(42)40-16-11-25-26(40)18-41(25)31-22-17-24(35)29(21-9-3-7-20-8-4-10-23(34)28(20)21)36-30(22)37-32(38-31)43-19-33-12-5-14-39(33)15-6-13-33/h2-4,7-10,17,25-26H,1,5-6,11-16,18-19H2/t25-,26-/m1/s1. The van der Waals surface area contributed by atoms with Crippen molar-refractivity contribution in [2.45, 2.75) is 49.7 Å². The van der Waals surface area contributed by atoms with Gasteiger partial charge in [0.2, 0.25) is 5.91 Å². The van der Waals surface area contributed by atoms with E-state index in [4.69, 9.17) is 42.9 Å². The number of pyridine rings is 1. The highest BCUT2D eigenvalue weighted by Crippen LogP contribution is 2.43. The Morgan fingerprint density at radius 3 is 2.60 bits per heavy atom. The number of carbonyl (C=O) groups is 1. The fourth-order valence-electron chi connectivity index (χ4n) is 7.87. The average Bonchev–Trinajstić information content (AvgIpc) is 3.68. The van der Waals surface area contributed by atoms with Crippen LogP contribution in [0, 0.1) is 0 Å². The summed E-state index contributed by atoms with van der Waals surface area (Å²) in [4.78, 5) is 34.1. The van der Waals surface area contributed by atoms with Gasteiger partial charge in [-0.1, -0.05) is 60.1 Å². The van der Waals surface area contributed by atoms with Crippen molar-refractivity contribution in [1.82, 2.24) is 24.8 Å². The third-order valence-electron chi connectivity index (χ3n) is 10.0. The van der Waals surface area contributed by atoms with Crippen LogP contribution in [0.15, 0.2) is 55.1 Å². The van der Waals surface area contributed by atoms with Crippen molar-refractivity contribution >= 4 is 56.7 Å². The van der Waals surface area contributed by atoms with Crippen LogP contribution < -0.4 is 9.64 Å². The lowest BCUT2D eigenvalue weighted by atomic mass is 9.95. The first-order chi connectivity index (χ1) is 21.0. The molecule has 0 unspecified atom stereocenters. The number of hydrogen-bond donors (Lipinski definition) is 0. The molecular weight excluding hydrogens is 583 g/mol. The van der Waals surface area contributed by atoms with Gasteiger partial charge in [-0.05, 0) is 68.8 Å². The minimum absolute atomic E-state index is 0.0243.